The Kier molecular flexibility index (Phi) is 6.32. The molecule has 1 radical (unpaired) electrons. The van der Waals surface area contributed by atoms with Gasteiger partial charge in [-0.3, -0.25) is 9.59 Å². The van der Waals surface area contributed by atoms with E-state index in [0.717, 1.165) is 11.4 Å². The van der Waals surface area contributed by atoms with Gasteiger partial charge in [-0.05, 0) is 30.7 Å². The van der Waals surface area contributed by atoms with Crippen LogP contribution in [0.4, 0.5) is 5.69 Å². The van der Waals surface area contributed by atoms with Crippen LogP contribution in [0.15, 0.2) is 24.3 Å². The molecule has 27 heavy (non-hydrogen) atoms. The van der Waals surface area contributed by atoms with Gasteiger partial charge in [0.1, 0.15) is 11.3 Å². The third-order valence-electron chi connectivity index (χ3n) is 5.10. The number of piperidine rings is 1. The van der Waals surface area contributed by atoms with Gasteiger partial charge in [0.25, 0.3) is 0 Å². The number of nitrogens with zero attached hydrogens (tertiary/aromatic N) is 2. The van der Waals surface area contributed by atoms with Crippen LogP contribution in [-0.4, -0.2) is 37.6 Å². The van der Waals surface area contributed by atoms with Gasteiger partial charge in [0, 0.05) is 37.0 Å². The van der Waals surface area contributed by atoms with Crippen molar-refractivity contribution in [3.63, 3.8) is 0 Å². The summed E-state index contributed by atoms with van der Waals surface area (Å²) in [5.74, 6) is -0.0121. The number of hydrogen-bond acceptors (Lipinski definition) is 5. The van der Waals surface area contributed by atoms with Crippen molar-refractivity contribution in [2.75, 3.05) is 25.1 Å². The summed E-state index contributed by atoms with van der Waals surface area (Å²) in [4.78, 5) is 25.8. The molecule has 2 amide bonds. The van der Waals surface area contributed by atoms with Gasteiger partial charge in [0.2, 0.25) is 11.8 Å². The van der Waals surface area contributed by atoms with Gasteiger partial charge in [-0.2, -0.15) is 5.26 Å². The molecular formula is C20H27N4O3. The third kappa shape index (κ3) is 5.13. The summed E-state index contributed by atoms with van der Waals surface area (Å²) >= 11 is 0. The second kappa shape index (κ2) is 8.30. The first kappa shape index (κ1) is 20.6. The van der Waals surface area contributed by atoms with Crippen LogP contribution < -0.4 is 20.7 Å². The molecule has 1 aromatic carbocycles. The Morgan fingerprint density at radius 1 is 1.33 bits per heavy atom. The molecule has 0 saturated carbocycles. The van der Waals surface area contributed by atoms with Gasteiger partial charge in [-0.15, -0.1) is 0 Å². The maximum atomic E-state index is 12.3. The molecule has 1 fully saturated rings. The summed E-state index contributed by atoms with van der Waals surface area (Å²) in [6.07, 6.45) is 2.68. The van der Waals surface area contributed by atoms with Gasteiger partial charge >= 0.3 is 0 Å². The topological polar surface area (TPSA) is 108 Å². The number of rotatable bonds is 7. The molecule has 1 heterocycles. The van der Waals surface area contributed by atoms with Gasteiger partial charge in [-0.25, -0.2) is 0 Å². The minimum Gasteiger partial charge on any atom is -0.497 e. The van der Waals surface area contributed by atoms with Crippen molar-refractivity contribution in [3.05, 3.63) is 30.7 Å². The molecule has 0 bridgehead atoms. The zero-order chi connectivity index (χ0) is 20.1. The Bertz CT molecular complexity index is 714. The summed E-state index contributed by atoms with van der Waals surface area (Å²) in [5, 5.41) is 12.5. The number of anilines is 1. The number of carbonyl (C=O) groups excluding carboxylic acids is 2. The van der Waals surface area contributed by atoms with Gasteiger partial charge in [-0.1, -0.05) is 13.8 Å². The van der Waals surface area contributed by atoms with Gasteiger partial charge < -0.3 is 20.7 Å². The minimum absolute atomic E-state index is 0.230. The fourth-order valence-corrected chi connectivity index (χ4v) is 2.94. The van der Waals surface area contributed by atoms with Crippen molar-refractivity contribution in [1.82, 2.24) is 5.32 Å². The number of carbonyl (C=O) groups is 2. The molecule has 0 atom stereocenters. The molecule has 0 aliphatic carbocycles. The summed E-state index contributed by atoms with van der Waals surface area (Å²) in [5.41, 5.74) is 4.69. The summed E-state index contributed by atoms with van der Waals surface area (Å²) in [6.45, 7) is 4.69. The quantitative estimate of drug-likeness (QED) is 0.759. The van der Waals surface area contributed by atoms with Gasteiger partial charge in [0.05, 0.1) is 19.6 Å². The van der Waals surface area contributed by atoms with Crippen molar-refractivity contribution >= 4 is 17.5 Å². The molecule has 7 nitrogen and oxygen atoms in total. The van der Waals surface area contributed by atoms with Crippen LogP contribution in [0.25, 0.3) is 0 Å². The van der Waals surface area contributed by atoms with Crippen LogP contribution in [0.3, 0.4) is 0 Å². The Labute approximate surface area is 160 Å². The van der Waals surface area contributed by atoms with Crippen LogP contribution in [-0.2, 0) is 9.59 Å². The van der Waals surface area contributed by atoms with Gasteiger partial charge in [0.15, 0.2) is 0 Å². The highest BCUT2D eigenvalue weighted by atomic mass is 16.5. The highest BCUT2D eigenvalue weighted by molar-refractivity contribution is 5.87. The van der Waals surface area contributed by atoms with Crippen LogP contribution in [0, 0.1) is 23.2 Å². The highest BCUT2D eigenvalue weighted by Crippen LogP contribution is 2.28. The predicted molar refractivity (Wildman–Crippen MR) is 103 cm³/mol. The van der Waals surface area contributed by atoms with Crippen molar-refractivity contribution < 1.29 is 14.3 Å². The molecular weight excluding hydrogens is 344 g/mol. The SMILES string of the molecule is COc1ccc(N2CCC(C#N)(NC(=O)[CH]CC(C)(C)C(N)=O)CC2)cc1. The van der Waals surface area contributed by atoms with Crippen molar-refractivity contribution in [2.45, 2.75) is 38.6 Å². The number of hydrogen-bond donors (Lipinski definition) is 2. The Balaban J connectivity index is 1.92. The first-order valence-electron chi connectivity index (χ1n) is 8.97. The summed E-state index contributed by atoms with van der Waals surface area (Å²) in [6, 6.07) is 10.0. The van der Waals surface area contributed by atoms with E-state index in [1.165, 1.54) is 6.42 Å². The van der Waals surface area contributed by atoms with E-state index in [1.54, 1.807) is 21.0 Å². The maximum Gasteiger partial charge on any atom is 0.225 e. The molecule has 0 aromatic heterocycles. The molecule has 2 rings (SSSR count). The molecule has 1 aromatic rings. The second-order valence-corrected chi connectivity index (χ2v) is 7.52. The number of primary amides is 1. The molecule has 1 saturated heterocycles. The lowest BCUT2D eigenvalue weighted by Gasteiger charge is -2.39. The van der Waals surface area contributed by atoms with Crippen molar-refractivity contribution in [3.8, 4) is 11.8 Å². The second-order valence-electron chi connectivity index (χ2n) is 7.52. The van der Waals surface area contributed by atoms with E-state index >= 15 is 0 Å². The average molecular weight is 371 g/mol. The normalized spacial score (nSPS) is 16.3. The number of nitrogens with one attached hydrogen (secondary N) is 1. The van der Waals surface area contributed by atoms with E-state index in [2.05, 4.69) is 16.3 Å². The van der Waals surface area contributed by atoms with Crippen molar-refractivity contribution in [2.24, 2.45) is 11.1 Å². The van der Waals surface area contributed by atoms with Crippen LogP contribution in [0.2, 0.25) is 0 Å². The maximum absolute atomic E-state index is 12.3. The van der Waals surface area contributed by atoms with E-state index in [4.69, 9.17) is 10.5 Å². The van der Waals surface area contributed by atoms with E-state index in [-0.39, 0.29) is 12.3 Å². The molecule has 0 unspecified atom stereocenters. The number of methoxy groups -OCH3 is 1. The molecule has 7 heteroatoms. The van der Waals surface area contributed by atoms with Crippen LogP contribution in [0.5, 0.6) is 5.75 Å². The average Bonchev–Trinajstić information content (AvgIpc) is 2.67. The fourth-order valence-electron chi connectivity index (χ4n) is 2.94. The van der Waals surface area contributed by atoms with E-state index < -0.39 is 16.9 Å². The van der Waals surface area contributed by atoms with Crippen molar-refractivity contribution in [1.29, 1.82) is 5.26 Å². The zero-order valence-corrected chi connectivity index (χ0v) is 16.1. The number of ether oxygens (including phenoxy) is 1. The Morgan fingerprint density at radius 3 is 2.41 bits per heavy atom. The standard InChI is InChI=1S/C20H27N4O3/c1-19(2,18(22)26)9-8-17(25)23-20(14-21)10-12-24(13-11-20)15-4-6-16(27-3)7-5-15/h4-8H,9-13H2,1-3H3,(H2,22,26)(H,23,25). The minimum atomic E-state index is -0.895. The summed E-state index contributed by atoms with van der Waals surface area (Å²) < 4.78 is 5.17. The summed E-state index contributed by atoms with van der Waals surface area (Å²) in [7, 11) is 1.63. The first-order chi connectivity index (χ1) is 12.7. The Morgan fingerprint density at radius 2 is 1.93 bits per heavy atom. The fraction of sp³-hybridized carbons (Fsp3) is 0.500. The molecule has 1 aliphatic rings. The largest absolute Gasteiger partial charge is 0.497 e. The smallest absolute Gasteiger partial charge is 0.225 e. The molecule has 145 valence electrons. The third-order valence-corrected chi connectivity index (χ3v) is 5.10. The number of benzene rings is 1. The molecule has 1 aliphatic heterocycles. The lowest BCUT2D eigenvalue weighted by molar-refractivity contribution is -0.126. The number of amides is 2. The highest BCUT2D eigenvalue weighted by Gasteiger charge is 2.37. The number of nitrogens with two attached hydrogens (primary N) is 1. The Hall–Kier alpha value is -2.75. The molecule has 0 spiro atoms. The van der Waals surface area contributed by atoms with E-state index in [9.17, 15) is 14.9 Å². The van der Waals surface area contributed by atoms with Crippen LogP contribution >= 0.6 is 0 Å². The lowest BCUT2D eigenvalue weighted by atomic mass is 9.85. The zero-order valence-electron chi connectivity index (χ0n) is 16.1. The first-order valence-corrected chi connectivity index (χ1v) is 8.97. The predicted octanol–water partition coefficient (Wildman–Crippen LogP) is 1.78. The van der Waals surface area contributed by atoms with E-state index in [0.29, 0.717) is 25.9 Å². The monoisotopic (exact) mass is 371 g/mol. The van der Waals surface area contributed by atoms with E-state index in [1.807, 2.05) is 24.3 Å². The lowest BCUT2D eigenvalue weighted by Crippen LogP contribution is -2.54. The van der Waals surface area contributed by atoms with Crippen LogP contribution in [0.1, 0.15) is 33.1 Å². The molecule has 3 N–H and O–H groups in total. The number of nitriles is 1.